The molecule has 7 heteroatoms. The fraction of sp³-hybridized carbons (Fsp3) is 0.0455. The van der Waals surface area contributed by atoms with Gasteiger partial charge in [0.25, 0.3) is 5.91 Å². The molecule has 1 heterocycles. The van der Waals surface area contributed by atoms with Gasteiger partial charge in [-0.3, -0.25) is 4.79 Å². The molecule has 3 aromatic carbocycles. The van der Waals surface area contributed by atoms with Crippen LogP contribution < -0.4 is 5.32 Å². The summed E-state index contributed by atoms with van der Waals surface area (Å²) in [6, 6.07) is 22.0. The first-order chi connectivity index (χ1) is 14.0. The first kappa shape index (κ1) is 19.2. The predicted molar refractivity (Wildman–Crippen MR) is 116 cm³/mol. The third-order valence-corrected chi connectivity index (χ3v) is 5.04. The summed E-state index contributed by atoms with van der Waals surface area (Å²) in [7, 11) is 0. The van der Waals surface area contributed by atoms with Gasteiger partial charge in [-0.15, -0.1) is 5.10 Å². The van der Waals surface area contributed by atoms with Crippen LogP contribution in [0.5, 0.6) is 0 Å². The fourth-order valence-corrected chi connectivity index (χ4v) is 3.29. The van der Waals surface area contributed by atoms with Crippen molar-refractivity contribution in [3.8, 4) is 17.1 Å². The molecule has 0 saturated heterocycles. The van der Waals surface area contributed by atoms with Gasteiger partial charge in [0.15, 0.2) is 5.82 Å². The van der Waals surface area contributed by atoms with E-state index in [1.54, 1.807) is 28.9 Å². The van der Waals surface area contributed by atoms with Crippen molar-refractivity contribution in [3.05, 3.63) is 94.2 Å². The zero-order valence-corrected chi connectivity index (χ0v) is 16.9. The highest BCUT2D eigenvalue weighted by Crippen LogP contribution is 2.27. The Bertz CT molecular complexity index is 1190. The highest BCUT2D eigenvalue weighted by Gasteiger charge is 2.20. The Morgan fingerprint density at radius 3 is 2.48 bits per heavy atom. The summed E-state index contributed by atoms with van der Waals surface area (Å²) >= 11 is 12.3. The topological polar surface area (TPSA) is 59.8 Å². The van der Waals surface area contributed by atoms with Crippen LogP contribution in [0.1, 0.15) is 16.2 Å². The number of halogens is 2. The molecule has 29 heavy (non-hydrogen) atoms. The van der Waals surface area contributed by atoms with Crippen molar-refractivity contribution < 1.29 is 4.79 Å². The summed E-state index contributed by atoms with van der Waals surface area (Å²) in [5.41, 5.74) is 3.00. The normalized spacial score (nSPS) is 10.7. The second kappa shape index (κ2) is 8.07. The van der Waals surface area contributed by atoms with E-state index >= 15 is 0 Å². The summed E-state index contributed by atoms with van der Waals surface area (Å²) in [5.74, 6) is 0.165. The smallest absolute Gasteiger partial charge is 0.295 e. The largest absolute Gasteiger partial charge is 0.319 e. The van der Waals surface area contributed by atoms with E-state index in [0.717, 1.165) is 16.8 Å². The summed E-state index contributed by atoms with van der Waals surface area (Å²) in [6.45, 7) is 1.90. The maximum Gasteiger partial charge on any atom is 0.295 e. The number of amides is 1. The third kappa shape index (κ3) is 4.01. The second-order valence-corrected chi connectivity index (χ2v) is 7.23. The molecule has 0 aliphatic heterocycles. The van der Waals surface area contributed by atoms with E-state index in [9.17, 15) is 4.79 Å². The lowest BCUT2D eigenvalue weighted by Gasteiger charge is -2.10. The highest BCUT2D eigenvalue weighted by atomic mass is 35.5. The molecule has 4 aromatic rings. The van der Waals surface area contributed by atoms with Crippen molar-refractivity contribution in [1.29, 1.82) is 0 Å². The van der Waals surface area contributed by atoms with Crippen LogP contribution >= 0.6 is 23.2 Å². The average Bonchev–Trinajstić information content (AvgIpc) is 3.16. The number of carbonyl (C=O) groups excluding carboxylic acids is 1. The Morgan fingerprint density at radius 2 is 1.72 bits per heavy atom. The van der Waals surface area contributed by atoms with Crippen LogP contribution in [-0.4, -0.2) is 20.7 Å². The van der Waals surface area contributed by atoms with Crippen molar-refractivity contribution in [3.63, 3.8) is 0 Å². The van der Waals surface area contributed by atoms with Gasteiger partial charge in [0.2, 0.25) is 5.82 Å². The van der Waals surface area contributed by atoms with Crippen LogP contribution in [0.25, 0.3) is 17.1 Å². The minimum atomic E-state index is -0.428. The zero-order chi connectivity index (χ0) is 20.4. The molecule has 0 spiro atoms. The van der Waals surface area contributed by atoms with Crippen molar-refractivity contribution in [2.24, 2.45) is 0 Å². The summed E-state index contributed by atoms with van der Waals surface area (Å²) in [5, 5.41) is 8.40. The molecule has 0 fully saturated rings. The first-order valence-electron chi connectivity index (χ1n) is 8.88. The van der Waals surface area contributed by atoms with Crippen LogP contribution in [0, 0.1) is 6.92 Å². The van der Waals surface area contributed by atoms with Crippen LogP contribution in [0.15, 0.2) is 72.8 Å². The van der Waals surface area contributed by atoms with Crippen LogP contribution in [0.2, 0.25) is 10.0 Å². The number of carbonyl (C=O) groups is 1. The molecule has 1 aromatic heterocycles. The molecular weight excluding hydrogens is 407 g/mol. The fourth-order valence-electron chi connectivity index (χ4n) is 2.93. The predicted octanol–water partition coefficient (Wildman–Crippen LogP) is 5.80. The number of hydrogen-bond acceptors (Lipinski definition) is 3. The molecule has 0 aliphatic carbocycles. The highest BCUT2D eigenvalue weighted by molar-refractivity contribution is 6.31. The lowest BCUT2D eigenvalue weighted by molar-refractivity contribution is 0.101. The molecule has 0 unspecified atom stereocenters. The maximum absolute atomic E-state index is 12.8. The van der Waals surface area contributed by atoms with Gasteiger partial charge in [-0.2, -0.15) is 0 Å². The van der Waals surface area contributed by atoms with E-state index in [1.165, 1.54) is 0 Å². The average molecular weight is 423 g/mol. The van der Waals surface area contributed by atoms with Gasteiger partial charge in [0.05, 0.1) is 5.69 Å². The van der Waals surface area contributed by atoms with E-state index in [2.05, 4.69) is 15.4 Å². The minimum absolute atomic E-state index is 0.0446. The number of nitrogens with zero attached hydrogens (tertiary/aromatic N) is 3. The molecule has 5 nitrogen and oxygen atoms in total. The van der Waals surface area contributed by atoms with Gasteiger partial charge in [-0.05, 0) is 42.8 Å². The molecule has 1 amide bonds. The van der Waals surface area contributed by atoms with Crippen molar-refractivity contribution in [2.45, 2.75) is 6.92 Å². The van der Waals surface area contributed by atoms with Crippen LogP contribution in [0.3, 0.4) is 0 Å². The Balaban J connectivity index is 1.79. The van der Waals surface area contributed by atoms with E-state index < -0.39 is 5.91 Å². The molecule has 0 atom stereocenters. The standard InChI is InChI=1S/C22H16Cl2N4O/c1-14-18(24)11-6-12-19(14)28-21(15-7-3-2-4-8-15)26-20(27-28)22(29)25-17-10-5-9-16(23)13-17/h2-13H,1H3,(H,25,29). The van der Waals surface area contributed by atoms with Crippen molar-refractivity contribution in [1.82, 2.24) is 14.8 Å². The number of aromatic nitrogens is 3. The van der Waals surface area contributed by atoms with E-state index in [0.29, 0.717) is 21.6 Å². The van der Waals surface area contributed by atoms with Gasteiger partial charge < -0.3 is 5.32 Å². The molecule has 1 N–H and O–H groups in total. The second-order valence-electron chi connectivity index (χ2n) is 6.39. The minimum Gasteiger partial charge on any atom is -0.319 e. The van der Waals surface area contributed by atoms with Crippen LogP contribution in [-0.2, 0) is 0 Å². The summed E-state index contributed by atoms with van der Waals surface area (Å²) in [4.78, 5) is 17.3. The molecule has 0 bridgehead atoms. The number of anilines is 1. The summed E-state index contributed by atoms with van der Waals surface area (Å²) < 4.78 is 1.64. The van der Waals surface area contributed by atoms with Gasteiger partial charge in [0, 0.05) is 21.3 Å². The Labute approximate surface area is 177 Å². The van der Waals surface area contributed by atoms with Crippen LogP contribution in [0.4, 0.5) is 5.69 Å². The lowest BCUT2D eigenvalue weighted by atomic mass is 10.2. The number of hydrogen-bond donors (Lipinski definition) is 1. The summed E-state index contributed by atoms with van der Waals surface area (Å²) in [6.07, 6.45) is 0. The lowest BCUT2D eigenvalue weighted by Crippen LogP contribution is -2.14. The number of rotatable bonds is 4. The molecule has 0 radical (unpaired) electrons. The SMILES string of the molecule is Cc1c(Cl)cccc1-n1nc(C(=O)Nc2cccc(Cl)c2)nc1-c1ccccc1. The monoisotopic (exact) mass is 422 g/mol. The molecular formula is C22H16Cl2N4O. The quantitative estimate of drug-likeness (QED) is 0.451. The number of nitrogens with one attached hydrogen (secondary N) is 1. The molecule has 4 rings (SSSR count). The van der Waals surface area contributed by atoms with Crippen molar-refractivity contribution >= 4 is 34.8 Å². The first-order valence-corrected chi connectivity index (χ1v) is 9.63. The molecule has 0 aliphatic rings. The van der Waals surface area contributed by atoms with E-state index in [-0.39, 0.29) is 5.82 Å². The van der Waals surface area contributed by atoms with E-state index in [4.69, 9.17) is 23.2 Å². The van der Waals surface area contributed by atoms with Gasteiger partial charge >= 0.3 is 0 Å². The Hall–Kier alpha value is -3.15. The number of benzene rings is 3. The third-order valence-electron chi connectivity index (χ3n) is 4.39. The molecule has 144 valence electrons. The molecule has 0 saturated carbocycles. The van der Waals surface area contributed by atoms with Gasteiger partial charge in [-0.25, -0.2) is 9.67 Å². The van der Waals surface area contributed by atoms with Gasteiger partial charge in [0.1, 0.15) is 0 Å². The van der Waals surface area contributed by atoms with Crippen molar-refractivity contribution in [2.75, 3.05) is 5.32 Å². The maximum atomic E-state index is 12.8. The van der Waals surface area contributed by atoms with Gasteiger partial charge in [-0.1, -0.05) is 65.7 Å². The van der Waals surface area contributed by atoms with E-state index in [1.807, 2.05) is 55.5 Å². The zero-order valence-electron chi connectivity index (χ0n) is 15.4. The Morgan fingerprint density at radius 1 is 0.966 bits per heavy atom. The Kier molecular flexibility index (Phi) is 5.34.